The molecule has 154 valence electrons. The van der Waals surface area contributed by atoms with E-state index in [9.17, 15) is 4.79 Å². The summed E-state index contributed by atoms with van der Waals surface area (Å²) in [6.07, 6.45) is 6.27. The van der Waals surface area contributed by atoms with E-state index in [1.807, 2.05) is 24.4 Å². The van der Waals surface area contributed by atoms with Crippen molar-refractivity contribution in [3.8, 4) is 11.4 Å². The highest BCUT2D eigenvalue weighted by Gasteiger charge is 2.26. The average Bonchev–Trinajstić information content (AvgIpc) is 3.31. The summed E-state index contributed by atoms with van der Waals surface area (Å²) in [4.78, 5) is 27.0. The zero-order valence-electron chi connectivity index (χ0n) is 17.4. The number of anilines is 1. The maximum absolute atomic E-state index is 11.7. The zero-order valence-corrected chi connectivity index (χ0v) is 17.4. The zero-order chi connectivity index (χ0) is 20.8. The fourth-order valence-corrected chi connectivity index (χ4v) is 4.60. The number of nitrogens with one attached hydrogen (secondary N) is 1. The summed E-state index contributed by atoms with van der Waals surface area (Å²) in [5.41, 5.74) is 10.9. The Morgan fingerprint density at radius 2 is 2.10 bits per heavy atom. The number of hydrogen-bond donors (Lipinski definition) is 2. The minimum atomic E-state index is 0.149. The first-order valence-electron chi connectivity index (χ1n) is 10.4. The number of nitrogens with zero attached hydrogens (tertiary/aromatic N) is 4. The van der Waals surface area contributed by atoms with Crippen LogP contribution in [0.15, 0.2) is 36.7 Å². The predicted octanol–water partition coefficient (Wildman–Crippen LogP) is 3.40. The molecule has 3 aromatic heterocycles. The fourth-order valence-electron chi connectivity index (χ4n) is 4.60. The van der Waals surface area contributed by atoms with Gasteiger partial charge in [-0.3, -0.25) is 9.20 Å². The molecule has 7 nitrogen and oxygen atoms in total. The number of benzene rings is 1. The van der Waals surface area contributed by atoms with Gasteiger partial charge in [0.1, 0.15) is 28.6 Å². The van der Waals surface area contributed by atoms with Gasteiger partial charge < -0.3 is 15.6 Å². The third-order valence-corrected chi connectivity index (χ3v) is 6.14. The number of rotatable bonds is 4. The fraction of sp³-hybridized carbons (Fsp3) is 0.348. The second-order valence-corrected chi connectivity index (χ2v) is 8.37. The third-order valence-electron chi connectivity index (χ3n) is 6.14. The van der Waals surface area contributed by atoms with Crippen molar-refractivity contribution < 1.29 is 4.79 Å². The lowest BCUT2D eigenvalue weighted by atomic mass is 9.96. The smallest absolute Gasteiger partial charge is 0.150 e. The van der Waals surface area contributed by atoms with Crippen LogP contribution in [-0.4, -0.2) is 50.2 Å². The molecule has 0 unspecified atom stereocenters. The number of carbonyl (C=O) groups is 1. The minimum absolute atomic E-state index is 0.149. The van der Waals surface area contributed by atoms with Gasteiger partial charge in [0.2, 0.25) is 0 Å². The summed E-state index contributed by atoms with van der Waals surface area (Å²) < 4.78 is 2.11. The Balaban J connectivity index is 1.67. The highest BCUT2D eigenvalue weighted by molar-refractivity contribution is 5.94. The summed E-state index contributed by atoms with van der Waals surface area (Å²) in [5, 5.41) is 1.05. The van der Waals surface area contributed by atoms with Crippen LogP contribution in [0.5, 0.6) is 0 Å². The van der Waals surface area contributed by atoms with Crippen molar-refractivity contribution in [3.05, 3.63) is 48.0 Å². The third kappa shape index (κ3) is 3.15. The SMILES string of the molecule is CC(=O)Cc1cccc2[nH]c(-c3nc(C4CCN(C)CC4)n4ccnc(N)c34)cc12. The van der Waals surface area contributed by atoms with Crippen LogP contribution in [0.1, 0.15) is 37.1 Å². The maximum atomic E-state index is 11.7. The predicted molar refractivity (Wildman–Crippen MR) is 119 cm³/mol. The van der Waals surface area contributed by atoms with E-state index in [4.69, 9.17) is 10.7 Å². The van der Waals surface area contributed by atoms with Crippen molar-refractivity contribution >= 4 is 28.0 Å². The van der Waals surface area contributed by atoms with Gasteiger partial charge in [0.05, 0.1) is 5.69 Å². The molecular formula is C23H26N6O. The molecule has 0 spiro atoms. The van der Waals surface area contributed by atoms with E-state index in [-0.39, 0.29) is 5.78 Å². The molecule has 0 radical (unpaired) electrons. The van der Waals surface area contributed by atoms with Crippen LogP contribution < -0.4 is 5.73 Å². The maximum Gasteiger partial charge on any atom is 0.150 e. The number of aromatic amines is 1. The van der Waals surface area contributed by atoms with Gasteiger partial charge in [0.25, 0.3) is 0 Å². The molecule has 1 aliphatic rings. The highest BCUT2D eigenvalue weighted by atomic mass is 16.1. The van der Waals surface area contributed by atoms with Crippen molar-refractivity contribution in [2.24, 2.45) is 0 Å². The Hall–Kier alpha value is -3.19. The van der Waals surface area contributed by atoms with Gasteiger partial charge >= 0.3 is 0 Å². The van der Waals surface area contributed by atoms with Crippen LogP contribution in [0.3, 0.4) is 0 Å². The largest absolute Gasteiger partial charge is 0.382 e. The van der Waals surface area contributed by atoms with Crippen molar-refractivity contribution in [1.82, 2.24) is 24.3 Å². The van der Waals surface area contributed by atoms with Crippen molar-refractivity contribution in [2.45, 2.75) is 32.1 Å². The van der Waals surface area contributed by atoms with E-state index in [2.05, 4.69) is 32.4 Å². The normalized spacial score (nSPS) is 15.9. The lowest BCUT2D eigenvalue weighted by molar-refractivity contribution is -0.116. The minimum Gasteiger partial charge on any atom is -0.382 e. The molecule has 1 fully saturated rings. The van der Waals surface area contributed by atoms with Crippen molar-refractivity contribution in [1.29, 1.82) is 0 Å². The van der Waals surface area contributed by atoms with Crippen LogP contribution in [0.4, 0.5) is 5.82 Å². The molecule has 0 amide bonds. The number of piperidine rings is 1. The Labute approximate surface area is 174 Å². The highest BCUT2D eigenvalue weighted by Crippen LogP contribution is 2.35. The number of imidazole rings is 1. The summed E-state index contributed by atoms with van der Waals surface area (Å²) in [7, 11) is 2.16. The van der Waals surface area contributed by atoms with Gasteiger partial charge in [-0.25, -0.2) is 9.97 Å². The van der Waals surface area contributed by atoms with E-state index in [1.54, 1.807) is 13.1 Å². The molecule has 0 aliphatic carbocycles. The number of hydrogen-bond acceptors (Lipinski definition) is 5. The monoisotopic (exact) mass is 402 g/mol. The van der Waals surface area contributed by atoms with E-state index >= 15 is 0 Å². The molecule has 1 saturated heterocycles. The van der Waals surface area contributed by atoms with Crippen LogP contribution in [0.25, 0.3) is 27.8 Å². The van der Waals surface area contributed by atoms with Crippen LogP contribution >= 0.6 is 0 Å². The Morgan fingerprint density at radius 1 is 1.30 bits per heavy atom. The molecule has 0 atom stereocenters. The molecule has 0 bridgehead atoms. The standard InChI is InChI=1S/C23H26N6O/c1-14(30)12-16-4-3-5-18-17(16)13-19(26-18)20-21-22(24)25-8-11-29(21)23(27-20)15-6-9-28(2)10-7-15/h3-5,8,11,13,15,26H,6-7,9-10,12H2,1-2H3,(H2,24,25). The first-order valence-corrected chi connectivity index (χ1v) is 10.4. The van der Waals surface area contributed by atoms with Crippen LogP contribution in [0.2, 0.25) is 0 Å². The molecule has 4 heterocycles. The number of nitrogen functional groups attached to an aromatic ring is 1. The first kappa shape index (κ1) is 18.8. The van der Waals surface area contributed by atoms with E-state index in [0.717, 1.165) is 65.1 Å². The van der Waals surface area contributed by atoms with Gasteiger partial charge in [-0.2, -0.15) is 0 Å². The van der Waals surface area contributed by atoms with E-state index in [0.29, 0.717) is 18.2 Å². The molecule has 30 heavy (non-hydrogen) atoms. The number of Topliss-reactive ketones (excluding diaryl/α,β-unsaturated/α-hetero) is 1. The number of fused-ring (bicyclic) bond motifs is 2. The molecular weight excluding hydrogens is 376 g/mol. The molecule has 0 saturated carbocycles. The summed E-state index contributed by atoms with van der Waals surface area (Å²) >= 11 is 0. The number of carbonyl (C=O) groups excluding carboxylic acids is 1. The van der Waals surface area contributed by atoms with Gasteiger partial charge in [-0.05, 0) is 57.6 Å². The molecule has 1 aliphatic heterocycles. The summed E-state index contributed by atoms with van der Waals surface area (Å²) in [6.45, 7) is 3.75. The number of H-pyrrole nitrogens is 1. The molecule has 4 aromatic rings. The molecule has 7 heteroatoms. The van der Waals surface area contributed by atoms with Gasteiger partial charge in [-0.15, -0.1) is 0 Å². The molecule has 5 rings (SSSR count). The van der Waals surface area contributed by atoms with Gasteiger partial charge in [0.15, 0.2) is 0 Å². The van der Waals surface area contributed by atoms with Crippen molar-refractivity contribution in [2.75, 3.05) is 25.9 Å². The number of nitrogens with two attached hydrogens (primary N) is 1. The molecule has 3 N–H and O–H groups in total. The lowest BCUT2D eigenvalue weighted by Gasteiger charge is -2.28. The first-order chi connectivity index (χ1) is 14.5. The topological polar surface area (TPSA) is 92.3 Å². The van der Waals surface area contributed by atoms with Crippen LogP contribution in [0, 0.1) is 0 Å². The summed E-state index contributed by atoms with van der Waals surface area (Å²) in [5.74, 6) is 2.06. The Morgan fingerprint density at radius 3 is 2.87 bits per heavy atom. The lowest BCUT2D eigenvalue weighted by Crippen LogP contribution is -2.29. The Kier molecular flexibility index (Phi) is 4.55. The Bertz CT molecular complexity index is 1250. The molecule has 1 aromatic carbocycles. The number of aromatic nitrogens is 4. The van der Waals surface area contributed by atoms with Crippen molar-refractivity contribution in [3.63, 3.8) is 0 Å². The second-order valence-electron chi connectivity index (χ2n) is 8.37. The van der Waals surface area contributed by atoms with Gasteiger partial charge in [-0.1, -0.05) is 12.1 Å². The number of likely N-dealkylation sites (tertiary alicyclic amines) is 1. The number of ketones is 1. The van der Waals surface area contributed by atoms with Gasteiger partial charge in [0, 0.05) is 35.6 Å². The average molecular weight is 403 g/mol. The summed E-state index contributed by atoms with van der Waals surface area (Å²) in [6, 6.07) is 8.10. The quantitative estimate of drug-likeness (QED) is 0.546. The van der Waals surface area contributed by atoms with Crippen LogP contribution in [-0.2, 0) is 11.2 Å². The van der Waals surface area contributed by atoms with E-state index < -0.39 is 0 Å². The second kappa shape index (κ2) is 7.25. The van der Waals surface area contributed by atoms with E-state index in [1.165, 1.54) is 0 Å².